The second-order valence-electron chi connectivity index (χ2n) is 5.81. The fourth-order valence-corrected chi connectivity index (χ4v) is 4.31. The molecule has 0 spiro atoms. The van der Waals surface area contributed by atoms with E-state index in [-0.39, 0.29) is 5.91 Å². The Hall–Kier alpha value is -2.93. The molecule has 1 aliphatic heterocycles. The van der Waals surface area contributed by atoms with Crippen LogP contribution >= 0.6 is 11.3 Å². The van der Waals surface area contributed by atoms with Gasteiger partial charge in [0.1, 0.15) is 11.2 Å². The largest absolute Gasteiger partial charge is 0.493 e. The van der Waals surface area contributed by atoms with E-state index < -0.39 is 6.17 Å². The highest BCUT2D eigenvalue weighted by atomic mass is 32.1. The lowest BCUT2D eigenvalue weighted by atomic mass is 10.1. The van der Waals surface area contributed by atoms with E-state index in [0.717, 1.165) is 20.7 Å². The summed E-state index contributed by atoms with van der Waals surface area (Å²) >= 11 is 1.57. The van der Waals surface area contributed by atoms with E-state index in [2.05, 4.69) is 10.6 Å². The van der Waals surface area contributed by atoms with E-state index in [1.165, 1.54) is 0 Å². The molecule has 0 saturated heterocycles. The molecule has 6 nitrogen and oxygen atoms in total. The molecule has 134 valence electrons. The Morgan fingerprint density at radius 3 is 2.31 bits per heavy atom. The van der Waals surface area contributed by atoms with Crippen LogP contribution in [0, 0.1) is 0 Å². The average Bonchev–Trinajstić information content (AvgIpc) is 3.05. The van der Waals surface area contributed by atoms with Gasteiger partial charge < -0.3 is 24.8 Å². The molecular formula is C19H18N2O4S. The fraction of sp³-hybridized carbons (Fsp3) is 0.211. The van der Waals surface area contributed by atoms with E-state index in [0.29, 0.717) is 22.8 Å². The van der Waals surface area contributed by atoms with Crippen LogP contribution in [0.4, 0.5) is 5.00 Å². The van der Waals surface area contributed by atoms with Gasteiger partial charge in [-0.25, -0.2) is 0 Å². The lowest BCUT2D eigenvalue weighted by Gasteiger charge is -2.27. The third-order valence-electron chi connectivity index (χ3n) is 4.39. The molecule has 2 heterocycles. The molecule has 0 aliphatic carbocycles. The van der Waals surface area contributed by atoms with Crippen LogP contribution in [0.3, 0.4) is 0 Å². The maximum atomic E-state index is 12.7. The Labute approximate surface area is 154 Å². The second kappa shape index (κ2) is 6.42. The minimum absolute atomic E-state index is 0.102. The topological polar surface area (TPSA) is 68.8 Å². The van der Waals surface area contributed by atoms with Gasteiger partial charge >= 0.3 is 0 Å². The second-order valence-corrected chi connectivity index (χ2v) is 6.86. The van der Waals surface area contributed by atoms with Crippen LogP contribution < -0.4 is 24.8 Å². The summed E-state index contributed by atoms with van der Waals surface area (Å²) in [4.78, 5) is 12.7. The maximum absolute atomic E-state index is 12.7. The van der Waals surface area contributed by atoms with Crippen molar-refractivity contribution >= 4 is 32.3 Å². The molecule has 2 N–H and O–H groups in total. The molecular weight excluding hydrogens is 352 g/mol. The molecule has 0 radical (unpaired) electrons. The van der Waals surface area contributed by atoms with Gasteiger partial charge in [0.2, 0.25) is 5.75 Å². The van der Waals surface area contributed by atoms with Crippen LogP contribution in [0.2, 0.25) is 0 Å². The first-order chi connectivity index (χ1) is 12.7. The Balaban J connectivity index is 1.77. The van der Waals surface area contributed by atoms with Crippen molar-refractivity contribution in [1.82, 2.24) is 5.32 Å². The molecule has 1 amide bonds. The quantitative estimate of drug-likeness (QED) is 0.731. The number of benzene rings is 2. The molecule has 1 atom stereocenters. The van der Waals surface area contributed by atoms with E-state index in [9.17, 15) is 4.79 Å². The predicted molar refractivity (Wildman–Crippen MR) is 102 cm³/mol. The Kier molecular flexibility index (Phi) is 4.08. The van der Waals surface area contributed by atoms with E-state index >= 15 is 0 Å². The highest BCUT2D eigenvalue weighted by molar-refractivity contribution is 7.23. The minimum Gasteiger partial charge on any atom is -0.493 e. The molecule has 3 aromatic rings. The van der Waals surface area contributed by atoms with Crippen LogP contribution in [-0.2, 0) is 0 Å². The first kappa shape index (κ1) is 16.5. The van der Waals surface area contributed by atoms with Crippen LogP contribution in [0.15, 0.2) is 36.4 Å². The number of methoxy groups -OCH3 is 3. The van der Waals surface area contributed by atoms with Gasteiger partial charge in [-0.3, -0.25) is 4.79 Å². The van der Waals surface area contributed by atoms with Gasteiger partial charge in [-0.1, -0.05) is 18.2 Å². The smallest absolute Gasteiger partial charge is 0.256 e. The van der Waals surface area contributed by atoms with Crippen molar-refractivity contribution in [2.24, 2.45) is 0 Å². The number of amides is 1. The highest BCUT2D eigenvalue weighted by Gasteiger charge is 2.29. The molecule has 7 heteroatoms. The zero-order valence-electron chi connectivity index (χ0n) is 14.6. The summed E-state index contributed by atoms with van der Waals surface area (Å²) in [6.45, 7) is 0. The van der Waals surface area contributed by atoms with Crippen molar-refractivity contribution in [3.05, 3.63) is 47.5 Å². The number of ether oxygens (including phenoxy) is 3. The predicted octanol–water partition coefficient (Wildman–Crippen LogP) is 3.78. The van der Waals surface area contributed by atoms with Crippen molar-refractivity contribution < 1.29 is 19.0 Å². The average molecular weight is 370 g/mol. The maximum Gasteiger partial charge on any atom is 0.256 e. The molecule has 1 aromatic heterocycles. The molecule has 0 bridgehead atoms. The SMILES string of the molecule is COc1cc([C@@H]2NC(=O)c3c(sc4ccccc34)N2)cc(OC)c1OC. The molecule has 0 saturated carbocycles. The summed E-state index contributed by atoms with van der Waals surface area (Å²) in [6, 6.07) is 11.6. The van der Waals surface area contributed by atoms with Gasteiger partial charge in [-0.05, 0) is 18.2 Å². The zero-order valence-corrected chi connectivity index (χ0v) is 15.4. The molecule has 1 aliphatic rings. The molecule has 0 fully saturated rings. The number of rotatable bonds is 4. The molecule has 26 heavy (non-hydrogen) atoms. The van der Waals surface area contributed by atoms with Gasteiger partial charge in [0.25, 0.3) is 5.91 Å². The van der Waals surface area contributed by atoms with E-state index in [1.807, 2.05) is 36.4 Å². The van der Waals surface area contributed by atoms with Gasteiger partial charge in [0.05, 0.1) is 26.9 Å². The van der Waals surface area contributed by atoms with Gasteiger partial charge in [-0.15, -0.1) is 11.3 Å². The zero-order chi connectivity index (χ0) is 18.3. The van der Waals surface area contributed by atoms with Gasteiger partial charge in [0.15, 0.2) is 11.5 Å². The monoisotopic (exact) mass is 370 g/mol. The summed E-state index contributed by atoms with van der Waals surface area (Å²) in [5, 5.41) is 8.23. The van der Waals surface area contributed by atoms with Crippen molar-refractivity contribution in [2.45, 2.75) is 6.17 Å². The van der Waals surface area contributed by atoms with Crippen LogP contribution in [0.5, 0.6) is 17.2 Å². The fourth-order valence-electron chi connectivity index (χ4n) is 3.18. The lowest BCUT2D eigenvalue weighted by Crippen LogP contribution is -2.37. The van der Waals surface area contributed by atoms with Gasteiger partial charge in [-0.2, -0.15) is 0 Å². The Morgan fingerprint density at radius 1 is 0.962 bits per heavy atom. The molecule has 4 rings (SSSR count). The first-order valence-corrected chi connectivity index (χ1v) is 8.86. The standard InChI is InChI=1S/C19H18N2O4S/c1-23-12-8-10(9-13(24-2)16(12)25-3)17-20-18(22)15-11-6-4-5-7-14(11)26-19(15)21-17/h4-9,17,21H,1-3H3,(H,20,22)/t17-/m1/s1. The first-order valence-electron chi connectivity index (χ1n) is 8.05. The Bertz CT molecular complexity index is 973. The van der Waals surface area contributed by atoms with Crippen molar-refractivity contribution in [1.29, 1.82) is 0 Å². The Morgan fingerprint density at radius 2 is 1.65 bits per heavy atom. The van der Waals surface area contributed by atoms with Gasteiger partial charge in [0, 0.05) is 15.6 Å². The number of fused-ring (bicyclic) bond motifs is 3. The number of nitrogens with one attached hydrogen (secondary N) is 2. The number of carbonyl (C=O) groups is 1. The van der Waals surface area contributed by atoms with Crippen molar-refractivity contribution in [2.75, 3.05) is 26.6 Å². The number of anilines is 1. The summed E-state index contributed by atoms with van der Waals surface area (Å²) in [5.74, 6) is 1.50. The summed E-state index contributed by atoms with van der Waals surface area (Å²) in [7, 11) is 4.69. The summed E-state index contributed by atoms with van der Waals surface area (Å²) in [6.07, 6.45) is -0.392. The summed E-state index contributed by atoms with van der Waals surface area (Å²) < 4.78 is 17.3. The normalized spacial score (nSPS) is 15.8. The number of hydrogen-bond donors (Lipinski definition) is 2. The van der Waals surface area contributed by atoms with E-state index in [1.54, 1.807) is 32.7 Å². The number of thiophene rings is 1. The minimum atomic E-state index is -0.392. The number of carbonyl (C=O) groups excluding carboxylic acids is 1. The van der Waals surface area contributed by atoms with Crippen molar-refractivity contribution in [3.63, 3.8) is 0 Å². The van der Waals surface area contributed by atoms with Crippen LogP contribution in [-0.4, -0.2) is 27.2 Å². The molecule has 0 unspecified atom stereocenters. The van der Waals surface area contributed by atoms with Crippen LogP contribution in [0.25, 0.3) is 10.1 Å². The highest BCUT2D eigenvalue weighted by Crippen LogP contribution is 2.43. The molecule has 2 aromatic carbocycles. The summed E-state index contributed by atoms with van der Waals surface area (Å²) in [5.41, 5.74) is 1.50. The third kappa shape index (κ3) is 2.52. The van der Waals surface area contributed by atoms with E-state index in [4.69, 9.17) is 14.2 Å². The number of hydrogen-bond acceptors (Lipinski definition) is 6. The lowest BCUT2D eigenvalue weighted by molar-refractivity contribution is 0.0938. The third-order valence-corrected chi connectivity index (χ3v) is 5.50. The van der Waals surface area contributed by atoms with Crippen LogP contribution in [0.1, 0.15) is 22.1 Å². The van der Waals surface area contributed by atoms with Crippen molar-refractivity contribution in [3.8, 4) is 17.2 Å².